The Kier molecular flexibility index (Phi) is 6.17. The standard InChI is InChI=1S/C10H17BrN4O2/c1-16-5-3-15(4-6-17-2)10-13-8(11)7-9(12)14-10/h7H,3-6H2,1-2H3,(H2,12,13,14). The number of halogens is 1. The van der Waals surface area contributed by atoms with E-state index in [0.29, 0.717) is 42.7 Å². The van der Waals surface area contributed by atoms with Crippen molar-refractivity contribution in [2.45, 2.75) is 0 Å². The number of anilines is 2. The summed E-state index contributed by atoms with van der Waals surface area (Å²) in [5, 5.41) is 0. The van der Waals surface area contributed by atoms with Crippen molar-refractivity contribution >= 4 is 27.7 Å². The van der Waals surface area contributed by atoms with Gasteiger partial charge < -0.3 is 20.1 Å². The molecule has 0 aliphatic heterocycles. The highest BCUT2D eigenvalue weighted by Gasteiger charge is 2.10. The SMILES string of the molecule is COCCN(CCOC)c1nc(N)cc(Br)n1. The maximum atomic E-state index is 5.68. The summed E-state index contributed by atoms with van der Waals surface area (Å²) in [7, 11) is 3.31. The van der Waals surface area contributed by atoms with Crippen LogP contribution < -0.4 is 10.6 Å². The summed E-state index contributed by atoms with van der Waals surface area (Å²) in [6, 6.07) is 1.66. The number of nitrogens with two attached hydrogens (primary N) is 1. The lowest BCUT2D eigenvalue weighted by molar-refractivity contribution is 0.189. The number of hydrogen-bond acceptors (Lipinski definition) is 6. The molecule has 1 aromatic heterocycles. The van der Waals surface area contributed by atoms with Crippen LogP contribution in [0.15, 0.2) is 10.7 Å². The van der Waals surface area contributed by atoms with Crippen molar-refractivity contribution in [3.05, 3.63) is 10.7 Å². The predicted octanol–water partition coefficient (Wildman–Crippen LogP) is 0.921. The average molecular weight is 305 g/mol. The molecular weight excluding hydrogens is 288 g/mol. The van der Waals surface area contributed by atoms with Crippen LogP contribution in [0.3, 0.4) is 0 Å². The topological polar surface area (TPSA) is 73.5 Å². The van der Waals surface area contributed by atoms with Gasteiger partial charge in [0.25, 0.3) is 0 Å². The zero-order valence-electron chi connectivity index (χ0n) is 10.0. The molecule has 96 valence electrons. The summed E-state index contributed by atoms with van der Waals surface area (Å²) in [5.41, 5.74) is 5.68. The van der Waals surface area contributed by atoms with E-state index in [0.717, 1.165) is 0 Å². The van der Waals surface area contributed by atoms with Crippen LogP contribution >= 0.6 is 15.9 Å². The Morgan fingerprint density at radius 1 is 1.24 bits per heavy atom. The molecule has 0 spiro atoms. The third-order valence-electron chi connectivity index (χ3n) is 2.12. The van der Waals surface area contributed by atoms with Crippen molar-refractivity contribution in [3.63, 3.8) is 0 Å². The Labute approximate surface area is 109 Å². The van der Waals surface area contributed by atoms with Crippen LogP contribution in [0.5, 0.6) is 0 Å². The van der Waals surface area contributed by atoms with Gasteiger partial charge >= 0.3 is 0 Å². The Morgan fingerprint density at radius 3 is 2.29 bits per heavy atom. The zero-order chi connectivity index (χ0) is 12.7. The van der Waals surface area contributed by atoms with Gasteiger partial charge in [0.15, 0.2) is 0 Å². The summed E-state index contributed by atoms with van der Waals surface area (Å²) < 4.78 is 10.8. The van der Waals surface area contributed by atoms with E-state index in [9.17, 15) is 0 Å². The number of ether oxygens (including phenoxy) is 2. The van der Waals surface area contributed by atoms with Crippen LogP contribution in [-0.4, -0.2) is 50.5 Å². The van der Waals surface area contributed by atoms with E-state index in [4.69, 9.17) is 15.2 Å². The Bertz CT molecular complexity index is 323. The molecular formula is C10H17BrN4O2. The molecule has 0 unspecified atom stereocenters. The van der Waals surface area contributed by atoms with E-state index < -0.39 is 0 Å². The largest absolute Gasteiger partial charge is 0.383 e. The monoisotopic (exact) mass is 304 g/mol. The first-order valence-electron chi connectivity index (χ1n) is 5.20. The third-order valence-corrected chi connectivity index (χ3v) is 2.52. The molecule has 0 aliphatic carbocycles. The van der Waals surface area contributed by atoms with Crippen molar-refractivity contribution in [3.8, 4) is 0 Å². The molecule has 0 saturated heterocycles. The van der Waals surface area contributed by atoms with Crippen molar-refractivity contribution in [2.24, 2.45) is 0 Å². The molecule has 0 saturated carbocycles. The Balaban J connectivity index is 2.78. The number of hydrogen-bond donors (Lipinski definition) is 1. The summed E-state index contributed by atoms with van der Waals surface area (Å²) in [5.74, 6) is 1.01. The minimum absolute atomic E-state index is 0.432. The van der Waals surface area contributed by atoms with Gasteiger partial charge in [-0.2, -0.15) is 4.98 Å². The predicted molar refractivity (Wildman–Crippen MR) is 70.1 cm³/mol. The fourth-order valence-electron chi connectivity index (χ4n) is 1.28. The quantitative estimate of drug-likeness (QED) is 0.755. The summed E-state index contributed by atoms with van der Waals surface area (Å²) in [4.78, 5) is 10.4. The van der Waals surface area contributed by atoms with Crippen LogP contribution in [0.25, 0.3) is 0 Å². The molecule has 17 heavy (non-hydrogen) atoms. The van der Waals surface area contributed by atoms with Crippen molar-refractivity contribution < 1.29 is 9.47 Å². The molecule has 1 rings (SSSR count). The number of aromatic nitrogens is 2. The number of nitrogens with zero attached hydrogens (tertiary/aromatic N) is 3. The molecule has 0 bridgehead atoms. The molecule has 0 amide bonds. The minimum atomic E-state index is 0.432. The lowest BCUT2D eigenvalue weighted by atomic mass is 10.5. The molecule has 0 atom stereocenters. The molecule has 6 nitrogen and oxygen atoms in total. The number of rotatable bonds is 7. The van der Waals surface area contributed by atoms with Gasteiger partial charge in [0.2, 0.25) is 5.95 Å². The highest BCUT2D eigenvalue weighted by atomic mass is 79.9. The first-order valence-corrected chi connectivity index (χ1v) is 5.99. The van der Waals surface area contributed by atoms with Gasteiger partial charge in [-0.1, -0.05) is 0 Å². The molecule has 0 radical (unpaired) electrons. The van der Waals surface area contributed by atoms with Crippen molar-refractivity contribution in [1.29, 1.82) is 0 Å². The van der Waals surface area contributed by atoms with Crippen LogP contribution in [-0.2, 0) is 9.47 Å². The van der Waals surface area contributed by atoms with Gasteiger partial charge in [-0.05, 0) is 15.9 Å². The van der Waals surface area contributed by atoms with Gasteiger partial charge in [0.1, 0.15) is 10.4 Å². The maximum Gasteiger partial charge on any atom is 0.228 e. The highest BCUT2D eigenvalue weighted by molar-refractivity contribution is 9.10. The molecule has 0 aliphatic rings. The number of nitrogen functional groups attached to an aromatic ring is 1. The van der Waals surface area contributed by atoms with Gasteiger partial charge in [0, 0.05) is 33.4 Å². The smallest absolute Gasteiger partial charge is 0.228 e. The molecule has 0 fully saturated rings. The first-order chi connectivity index (χ1) is 8.17. The second-order valence-corrected chi connectivity index (χ2v) is 4.20. The summed E-state index contributed by atoms with van der Waals surface area (Å²) in [6.45, 7) is 2.57. The Morgan fingerprint density at radius 2 is 1.82 bits per heavy atom. The molecule has 0 aromatic carbocycles. The molecule has 2 N–H and O–H groups in total. The minimum Gasteiger partial charge on any atom is -0.383 e. The number of methoxy groups -OCH3 is 2. The highest BCUT2D eigenvalue weighted by Crippen LogP contribution is 2.15. The molecule has 1 heterocycles. The maximum absolute atomic E-state index is 5.68. The molecule has 7 heteroatoms. The van der Waals surface area contributed by atoms with Gasteiger partial charge in [-0.3, -0.25) is 0 Å². The van der Waals surface area contributed by atoms with E-state index in [1.54, 1.807) is 20.3 Å². The lowest BCUT2D eigenvalue weighted by Gasteiger charge is -2.22. The van der Waals surface area contributed by atoms with E-state index in [2.05, 4.69) is 25.9 Å². The Hall–Kier alpha value is -0.920. The fourth-order valence-corrected chi connectivity index (χ4v) is 1.67. The molecule has 1 aromatic rings. The van der Waals surface area contributed by atoms with E-state index in [1.807, 2.05) is 4.90 Å². The first kappa shape index (κ1) is 14.1. The van der Waals surface area contributed by atoms with Gasteiger partial charge in [-0.25, -0.2) is 4.98 Å². The van der Waals surface area contributed by atoms with Crippen LogP contribution in [0.2, 0.25) is 0 Å². The van der Waals surface area contributed by atoms with Crippen molar-refractivity contribution in [1.82, 2.24) is 9.97 Å². The second kappa shape index (κ2) is 7.41. The average Bonchev–Trinajstić information content (AvgIpc) is 2.28. The second-order valence-electron chi connectivity index (χ2n) is 3.39. The zero-order valence-corrected chi connectivity index (χ0v) is 11.6. The van der Waals surface area contributed by atoms with Gasteiger partial charge in [-0.15, -0.1) is 0 Å². The van der Waals surface area contributed by atoms with Crippen LogP contribution in [0.1, 0.15) is 0 Å². The van der Waals surface area contributed by atoms with E-state index in [-0.39, 0.29) is 0 Å². The van der Waals surface area contributed by atoms with Crippen molar-refractivity contribution in [2.75, 3.05) is 51.2 Å². The fraction of sp³-hybridized carbons (Fsp3) is 0.600. The lowest BCUT2D eigenvalue weighted by Crippen LogP contribution is -2.32. The summed E-state index contributed by atoms with van der Waals surface area (Å²) >= 11 is 3.30. The van der Waals surface area contributed by atoms with Crippen LogP contribution in [0, 0.1) is 0 Å². The van der Waals surface area contributed by atoms with E-state index >= 15 is 0 Å². The van der Waals surface area contributed by atoms with Crippen LogP contribution in [0.4, 0.5) is 11.8 Å². The van der Waals surface area contributed by atoms with Gasteiger partial charge in [0.05, 0.1) is 13.2 Å². The van der Waals surface area contributed by atoms with E-state index in [1.165, 1.54) is 0 Å². The normalized spacial score (nSPS) is 10.5. The summed E-state index contributed by atoms with van der Waals surface area (Å²) in [6.07, 6.45) is 0. The third kappa shape index (κ3) is 4.84.